The number of rotatable bonds is 12. The average molecular weight is 591 g/mol. The van der Waals surface area contributed by atoms with Crippen LogP contribution in [0.5, 0.6) is 0 Å². The molecule has 0 spiro atoms. The summed E-state index contributed by atoms with van der Waals surface area (Å²) in [6.07, 6.45) is 1.08. The van der Waals surface area contributed by atoms with Crippen LogP contribution in [0.25, 0.3) is 0 Å². The second kappa shape index (κ2) is 13.8. The maximum absolute atomic E-state index is 14.0. The minimum Gasteiger partial charge on any atom is -0.354 e. The number of carbonyl (C=O) groups is 2. The molecule has 0 bridgehead atoms. The number of amides is 2. The first-order chi connectivity index (χ1) is 18.6. The van der Waals surface area contributed by atoms with Crippen LogP contribution >= 0.6 is 23.2 Å². The van der Waals surface area contributed by atoms with E-state index in [1.165, 1.54) is 35.2 Å². The summed E-state index contributed by atoms with van der Waals surface area (Å²) in [7, 11) is -4.23. The summed E-state index contributed by atoms with van der Waals surface area (Å²) in [5.74, 6) is -0.845. The fourth-order valence-electron chi connectivity index (χ4n) is 4.09. The van der Waals surface area contributed by atoms with Crippen LogP contribution in [0.4, 0.5) is 5.69 Å². The summed E-state index contributed by atoms with van der Waals surface area (Å²) >= 11 is 12.6. The molecule has 3 aromatic rings. The number of sulfonamides is 1. The van der Waals surface area contributed by atoms with Crippen molar-refractivity contribution in [2.24, 2.45) is 0 Å². The van der Waals surface area contributed by atoms with Crippen LogP contribution in [-0.2, 0) is 26.2 Å². The van der Waals surface area contributed by atoms with Gasteiger partial charge in [-0.3, -0.25) is 13.9 Å². The minimum atomic E-state index is -4.23. The van der Waals surface area contributed by atoms with Crippen molar-refractivity contribution >= 4 is 50.7 Å². The Labute approximate surface area is 240 Å². The van der Waals surface area contributed by atoms with E-state index in [0.29, 0.717) is 13.0 Å². The lowest BCUT2D eigenvalue weighted by atomic mass is 10.1. The first kappa shape index (κ1) is 30.5. The molecule has 0 heterocycles. The number of nitrogens with one attached hydrogen (secondary N) is 1. The Balaban J connectivity index is 2.07. The zero-order valence-electron chi connectivity index (χ0n) is 22.2. The lowest BCUT2D eigenvalue weighted by Gasteiger charge is -2.33. The van der Waals surface area contributed by atoms with Gasteiger partial charge in [0.1, 0.15) is 12.6 Å². The summed E-state index contributed by atoms with van der Waals surface area (Å²) < 4.78 is 28.6. The van der Waals surface area contributed by atoms with Gasteiger partial charge in [-0.2, -0.15) is 0 Å². The predicted molar refractivity (Wildman–Crippen MR) is 157 cm³/mol. The molecule has 1 unspecified atom stereocenters. The van der Waals surface area contributed by atoms with E-state index in [0.717, 1.165) is 21.9 Å². The molecule has 0 aliphatic carbocycles. The van der Waals surface area contributed by atoms with E-state index >= 15 is 0 Å². The van der Waals surface area contributed by atoms with E-state index < -0.39 is 28.5 Å². The molecule has 3 aromatic carbocycles. The van der Waals surface area contributed by atoms with Crippen molar-refractivity contribution in [1.29, 1.82) is 0 Å². The highest BCUT2D eigenvalue weighted by atomic mass is 35.5. The summed E-state index contributed by atoms with van der Waals surface area (Å²) in [6.45, 7) is 5.73. The van der Waals surface area contributed by atoms with Gasteiger partial charge in [-0.05, 0) is 55.7 Å². The van der Waals surface area contributed by atoms with Crippen molar-refractivity contribution in [1.82, 2.24) is 10.2 Å². The Morgan fingerprint density at radius 1 is 0.949 bits per heavy atom. The van der Waals surface area contributed by atoms with Gasteiger partial charge < -0.3 is 10.2 Å². The van der Waals surface area contributed by atoms with Gasteiger partial charge >= 0.3 is 0 Å². The molecule has 39 heavy (non-hydrogen) atoms. The van der Waals surface area contributed by atoms with Crippen molar-refractivity contribution in [3.05, 3.63) is 94.0 Å². The maximum atomic E-state index is 14.0. The normalized spacial score (nSPS) is 12.0. The highest BCUT2D eigenvalue weighted by Crippen LogP contribution is 2.33. The molecular weight excluding hydrogens is 557 g/mol. The number of benzene rings is 3. The van der Waals surface area contributed by atoms with E-state index in [-0.39, 0.29) is 33.1 Å². The molecule has 7 nitrogen and oxygen atoms in total. The molecule has 0 aliphatic rings. The molecule has 3 rings (SSSR count). The van der Waals surface area contributed by atoms with Crippen LogP contribution in [0.3, 0.4) is 0 Å². The average Bonchev–Trinajstić information content (AvgIpc) is 2.93. The van der Waals surface area contributed by atoms with Gasteiger partial charge in [-0.15, -0.1) is 0 Å². The van der Waals surface area contributed by atoms with Gasteiger partial charge in [-0.25, -0.2) is 8.42 Å². The Hall–Kier alpha value is -3.07. The molecule has 0 radical (unpaired) electrons. The Morgan fingerprint density at radius 3 is 2.23 bits per heavy atom. The van der Waals surface area contributed by atoms with E-state index in [4.69, 9.17) is 23.2 Å². The van der Waals surface area contributed by atoms with Crippen LogP contribution in [-0.4, -0.2) is 44.3 Å². The number of hydrogen-bond donors (Lipinski definition) is 1. The largest absolute Gasteiger partial charge is 0.354 e. The second-order valence-electron chi connectivity index (χ2n) is 9.14. The third-order valence-corrected chi connectivity index (χ3v) is 8.52. The minimum absolute atomic E-state index is 0.00772. The van der Waals surface area contributed by atoms with Crippen LogP contribution in [0.1, 0.15) is 37.8 Å². The molecule has 1 atom stereocenters. The number of anilines is 1. The van der Waals surface area contributed by atoms with Gasteiger partial charge in [0.05, 0.1) is 15.6 Å². The number of hydrogen-bond acceptors (Lipinski definition) is 4. The van der Waals surface area contributed by atoms with E-state index in [2.05, 4.69) is 5.32 Å². The Morgan fingerprint density at radius 2 is 1.62 bits per heavy atom. The van der Waals surface area contributed by atoms with Crippen LogP contribution in [0.15, 0.2) is 77.7 Å². The standard InChI is InChI=1S/C29H33Cl2N3O4S/c1-4-17-32-29(36)26(5-2)33(19-22-13-11-21(3)12-14-22)28(35)20-34(27-18-23(30)15-16-25(27)31)39(37,38)24-9-7-6-8-10-24/h6-16,18,26H,4-5,17,19-20H2,1-3H3,(H,32,36). The monoisotopic (exact) mass is 589 g/mol. The van der Waals surface area contributed by atoms with Gasteiger partial charge in [0.15, 0.2) is 0 Å². The fraction of sp³-hybridized carbons (Fsp3) is 0.310. The summed E-state index contributed by atoms with van der Waals surface area (Å²) in [5, 5.41) is 3.24. The first-order valence-electron chi connectivity index (χ1n) is 12.7. The smallest absolute Gasteiger partial charge is 0.264 e. The van der Waals surface area contributed by atoms with E-state index in [1.807, 2.05) is 45.0 Å². The van der Waals surface area contributed by atoms with E-state index in [9.17, 15) is 18.0 Å². The van der Waals surface area contributed by atoms with Gasteiger partial charge in [0.2, 0.25) is 11.8 Å². The molecule has 0 saturated carbocycles. The lowest BCUT2D eigenvalue weighted by Crippen LogP contribution is -2.52. The molecule has 0 saturated heterocycles. The lowest BCUT2D eigenvalue weighted by molar-refractivity contribution is -0.140. The van der Waals surface area contributed by atoms with Crippen molar-refractivity contribution in [3.8, 4) is 0 Å². The maximum Gasteiger partial charge on any atom is 0.264 e. The van der Waals surface area contributed by atoms with Gasteiger partial charge in [0, 0.05) is 18.1 Å². The van der Waals surface area contributed by atoms with Crippen LogP contribution < -0.4 is 9.62 Å². The topological polar surface area (TPSA) is 86.8 Å². The third kappa shape index (κ3) is 7.75. The van der Waals surface area contributed by atoms with Crippen molar-refractivity contribution in [2.75, 3.05) is 17.4 Å². The van der Waals surface area contributed by atoms with Crippen molar-refractivity contribution in [3.63, 3.8) is 0 Å². The van der Waals surface area contributed by atoms with E-state index in [1.54, 1.807) is 18.2 Å². The molecule has 0 fully saturated rings. The zero-order valence-corrected chi connectivity index (χ0v) is 24.6. The molecular formula is C29H33Cl2N3O4S. The predicted octanol–water partition coefficient (Wildman–Crippen LogP) is 5.83. The highest BCUT2D eigenvalue weighted by Gasteiger charge is 2.34. The fourth-order valence-corrected chi connectivity index (χ4v) is 5.97. The SMILES string of the molecule is CCCNC(=O)C(CC)N(Cc1ccc(C)cc1)C(=O)CN(c1cc(Cl)ccc1Cl)S(=O)(=O)c1ccccc1. The second-order valence-corrected chi connectivity index (χ2v) is 11.8. The molecule has 1 N–H and O–H groups in total. The molecule has 208 valence electrons. The molecule has 0 aromatic heterocycles. The third-order valence-electron chi connectivity index (χ3n) is 6.20. The first-order valence-corrected chi connectivity index (χ1v) is 14.9. The van der Waals surface area contributed by atoms with Crippen LogP contribution in [0.2, 0.25) is 10.0 Å². The summed E-state index contributed by atoms with van der Waals surface area (Å²) in [6, 6.07) is 19.0. The van der Waals surface area contributed by atoms with Gasteiger partial charge in [-0.1, -0.05) is 85.1 Å². The quantitative estimate of drug-likeness (QED) is 0.288. The molecule has 10 heteroatoms. The zero-order chi connectivity index (χ0) is 28.6. The van der Waals surface area contributed by atoms with Crippen molar-refractivity contribution < 1.29 is 18.0 Å². The summed E-state index contributed by atoms with van der Waals surface area (Å²) in [4.78, 5) is 28.6. The molecule has 0 aliphatic heterocycles. The van der Waals surface area contributed by atoms with Gasteiger partial charge in [0.25, 0.3) is 10.0 Å². The number of carbonyl (C=O) groups excluding carboxylic acids is 2. The highest BCUT2D eigenvalue weighted by molar-refractivity contribution is 7.92. The summed E-state index contributed by atoms with van der Waals surface area (Å²) in [5.41, 5.74) is 1.94. The van der Waals surface area contributed by atoms with Crippen LogP contribution in [0, 0.1) is 6.92 Å². The molecule has 2 amide bonds. The van der Waals surface area contributed by atoms with Crippen molar-refractivity contribution in [2.45, 2.75) is 51.1 Å². The number of nitrogens with zero attached hydrogens (tertiary/aromatic N) is 2. The Kier molecular flexibility index (Phi) is 10.8. The number of aryl methyl sites for hydroxylation is 1. The Bertz CT molecular complexity index is 1380. The number of halogens is 2.